The topological polar surface area (TPSA) is 58.6 Å². The standard InChI is InChI=1S/C9H8N2O2/c1-6-7-4-2-3-5-8(10-12)9(7)13-11-6/h2-5,12H,1H3/b10-8-. The number of hydrogen-bond donors (Lipinski definition) is 1. The first-order valence-corrected chi connectivity index (χ1v) is 3.86. The maximum absolute atomic E-state index is 8.69. The molecular weight excluding hydrogens is 168 g/mol. The van der Waals surface area contributed by atoms with Crippen molar-refractivity contribution >= 4 is 11.0 Å². The van der Waals surface area contributed by atoms with Gasteiger partial charge < -0.3 is 9.73 Å². The van der Waals surface area contributed by atoms with Crippen LogP contribution in [0.2, 0.25) is 0 Å². The van der Waals surface area contributed by atoms with Gasteiger partial charge in [0, 0.05) is 5.39 Å². The smallest absolute Gasteiger partial charge is 0.196 e. The fraction of sp³-hybridized carbons (Fsp3) is 0.111. The van der Waals surface area contributed by atoms with E-state index in [1.54, 1.807) is 12.1 Å². The normalized spacial score (nSPS) is 12.2. The summed E-state index contributed by atoms with van der Waals surface area (Å²) in [6.07, 6.45) is 0. The first-order valence-electron chi connectivity index (χ1n) is 3.86. The van der Waals surface area contributed by atoms with E-state index >= 15 is 0 Å². The third kappa shape index (κ3) is 1.16. The van der Waals surface area contributed by atoms with Crippen molar-refractivity contribution in [1.82, 2.24) is 5.16 Å². The van der Waals surface area contributed by atoms with Crippen molar-refractivity contribution in [2.45, 2.75) is 6.92 Å². The lowest BCUT2D eigenvalue weighted by molar-refractivity contribution is 0.300. The van der Waals surface area contributed by atoms with E-state index in [-0.39, 0.29) is 0 Å². The van der Waals surface area contributed by atoms with Crippen molar-refractivity contribution in [3.8, 4) is 0 Å². The molecule has 0 radical (unpaired) electrons. The zero-order valence-electron chi connectivity index (χ0n) is 7.06. The first kappa shape index (κ1) is 7.79. The summed E-state index contributed by atoms with van der Waals surface area (Å²) < 4.78 is 5.03. The molecule has 1 aromatic heterocycles. The Morgan fingerprint density at radius 3 is 2.92 bits per heavy atom. The van der Waals surface area contributed by atoms with Gasteiger partial charge in [0.2, 0.25) is 0 Å². The van der Waals surface area contributed by atoms with Gasteiger partial charge in [0.15, 0.2) is 5.58 Å². The average molecular weight is 176 g/mol. The van der Waals surface area contributed by atoms with E-state index in [0.717, 1.165) is 11.1 Å². The monoisotopic (exact) mass is 176 g/mol. The molecular formula is C9H8N2O2. The highest BCUT2D eigenvalue weighted by atomic mass is 16.5. The van der Waals surface area contributed by atoms with Gasteiger partial charge in [0.05, 0.1) is 5.69 Å². The Labute approximate surface area is 74.1 Å². The molecule has 0 atom stereocenters. The molecule has 0 bridgehead atoms. The molecule has 0 aliphatic rings. The molecule has 0 saturated heterocycles. The maximum Gasteiger partial charge on any atom is 0.196 e. The Morgan fingerprint density at radius 1 is 1.38 bits per heavy atom. The van der Waals surface area contributed by atoms with E-state index in [1.165, 1.54) is 0 Å². The van der Waals surface area contributed by atoms with Crippen LogP contribution in [0.3, 0.4) is 0 Å². The Bertz CT molecular complexity index is 502. The summed E-state index contributed by atoms with van der Waals surface area (Å²) in [4.78, 5) is 0. The Kier molecular flexibility index (Phi) is 1.73. The average Bonchev–Trinajstić information content (AvgIpc) is 2.39. The van der Waals surface area contributed by atoms with Crippen molar-refractivity contribution in [3.05, 3.63) is 35.3 Å². The maximum atomic E-state index is 8.69. The fourth-order valence-corrected chi connectivity index (χ4v) is 1.21. The van der Waals surface area contributed by atoms with Gasteiger partial charge in [-0.2, -0.15) is 0 Å². The first-order chi connectivity index (χ1) is 6.33. The molecule has 1 N–H and O–H groups in total. The van der Waals surface area contributed by atoms with Gasteiger partial charge in [0.25, 0.3) is 0 Å². The van der Waals surface area contributed by atoms with Crippen LogP contribution in [-0.4, -0.2) is 10.4 Å². The quantitative estimate of drug-likeness (QED) is 0.488. The van der Waals surface area contributed by atoms with Gasteiger partial charge in [0.1, 0.15) is 5.36 Å². The molecule has 13 heavy (non-hydrogen) atoms. The minimum atomic E-state index is 0.389. The number of nitrogens with zero attached hydrogens (tertiary/aromatic N) is 2. The molecule has 4 nitrogen and oxygen atoms in total. The van der Waals surface area contributed by atoms with Gasteiger partial charge in [-0.15, -0.1) is 0 Å². The Hall–Kier alpha value is -1.84. The molecule has 1 aromatic carbocycles. The molecule has 1 heterocycles. The summed E-state index contributed by atoms with van der Waals surface area (Å²) in [7, 11) is 0. The summed E-state index contributed by atoms with van der Waals surface area (Å²) in [6.45, 7) is 1.84. The third-order valence-corrected chi connectivity index (χ3v) is 1.88. The van der Waals surface area contributed by atoms with Crippen LogP contribution in [0.1, 0.15) is 5.69 Å². The van der Waals surface area contributed by atoms with Crippen LogP contribution in [0.25, 0.3) is 11.0 Å². The molecule has 66 valence electrons. The molecule has 0 saturated carbocycles. The van der Waals surface area contributed by atoms with Crippen LogP contribution in [-0.2, 0) is 0 Å². The SMILES string of the molecule is Cc1noc2/c(=N\O)ccccc12. The zero-order chi connectivity index (χ0) is 9.26. The molecule has 0 spiro atoms. The van der Waals surface area contributed by atoms with Crippen LogP contribution < -0.4 is 5.36 Å². The van der Waals surface area contributed by atoms with E-state index in [0.29, 0.717) is 10.9 Å². The van der Waals surface area contributed by atoms with Crippen LogP contribution in [0.5, 0.6) is 0 Å². The number of aryl methyl sites for hydroxylation is 1. The number of hydrogen-bond acceptors (Lipinski definition) is 4. The third-order valence-electron chi connectivity index (χ3n) is 1.88. The van der Waals surface area contributed by atoms with Crippen molar-refractivity contribution < 1.29 is 9.73 Å². The molecule has 4 heteroatoms. The second-order valence-corrected chi connectivity index (χ2v) is 2.71. The highest BCUT2D eigenvalue weighted by molar-refractivity contribution is 5.77. The van der Waals surface area contributed by atoms with Crippen LogP contribution in [0.4, 0.5) is 0 Å². The van der Waals surface area contributed by atoms with Gasteiger partial charge in [-0.3, -0.25) is 0 Å². The van der Waals surface area contributed by atoms with Gasteiger partial charge in [-0.1, -0.05) is 22.4 Å². The summed E-state index contributed by atoms with van der Waals surface area (Å²) in [5.74, 6) is 0. The van der Waals surface area contributed by atoms with Crippen LogP contribution in [0, 0.1) is 6.92 Å². The van der Waals surface area contributed by atoms with Crippen molar-refractivity contribution in [2.24, 2.45) is 5.16 Å². The van der Waals surface area contributed by atoms with Crippen LogP contribution in [0.15, 0.2) is 33.9 Å². The minimum absolute atomic E-state index is 0.389. The van der Waals surface area contributed by atoms with E-state index in [9.17, 15) is 0 Å². The van der Waals surface area contributed by atoms with Gasteiger partial charge in [-0.25, -0.2) is 0 Å². The summed E-state index contributed by atoms with van der Waals surface area (Å²) in [6, 6.07) is 7.16. The minimum Gasteiger partial charge on any atom is -0.410 e. The highest BCUT2D eigenvalue weighted by Gasteiger charge is 2.03. The molecule has 0 fully saturated rings. The predicted molar refractivity (Wildman–Crippen MR) is 46.1 cm³/mol. The zero-order valence-corrected chi connectivity index (χ0v) is 7.06. The Balaban J connectivity index is 3.05. The lowest BCUT2D eigenvalue weighted by Gasteiger charge is -1.77. The number of fused-ring (bicyclic) bond motifs is 1. The summed E-state index contributed by atoms with van der Waals surface area (Å²) >= 11 is 0. The number of aromatic nitrogens is 1. The molecule has 0 unspecified atom stereocenters. The van der Waals surface area contributed by atoms with Crippen molar-refractivity contribution in [3.63, 3.8) is 0 Å². The van der Waals surface area contributed by atoms with E-state index in [1.807, 2.05) is 19.1 Å². The number of rotatable bonds is 0. The largest absolute Gasteiger partial charge is 0.410 e. The van der Waals surface area contributed by atoms with Crippen molar-refractivity contribution in [2.75, 3.05) is 0 Å². The Morgan fingerprint density at radius 2 is 2.15 bits per heavy atom. The fourth-order valence-electron chi connectivity index (χ4n) is 1.21. The molecule has 0 aliphatic carbocycles. The van der Waals surface area contributed by atoms with Crippen molar-refractivity contribution in [1.29, 1.82) is 0 Å². The summed E-state index contributed by atoms with van der Waals surface area (Å²) in [5.41, 5.74) is 1.29. The predicted octanol–water partition coefficient (Wildman–Crippen LogP) is 1.43. The molecule has 2 aromatic rings. The van der Waals surface area contributed by atoms with Crippen LogP contribution >= 0.6 is 0 Å². The lowest BCUT2D eigenvalue weighted by atomic mass is 10.3. The van der Waals surface area contributed by atoms with Gasteiger partial charge >= 0.3 is 0 Å². The lowest BCUT2D eigenvalue weighted by Crippen LogP contribution is -1.96. The van der Waals surface area contributed by atoms with E-state index < -0.39 is 0 Å². The van der Waals surface area contributed by atoms with Gasteiger partial charge in [-0.05, 0) is 19.1 Å². The highest BCUT2D eigenvalue weighted by Crippen LogP contribution is 2.11. The second-order valence-electron chi connectivity index (χ2n) is 2.71. The van der Waals surface area contributed by atoms with E-state index in [2.05, 4.69) is 10.3 Å². The summed E-state index contributed by atoms with van der Waals surface area (Å²) in [5, 5.41) is 16.8. The van der Waals surface area contributed by atoms with E-state index in [4.69, 9.17) is 9.73 Å². The second kappa shape index (κ2) is 2.90. The molecule has 2 rings (SSSR count). The molecule has 0 aliphatic heterocycles. The molecule has 0 amide bonds.